The maximum Gasteiger partial charge on any atom is 0.306 e. The Morgan fingerprint density at radius 3 is 2.70 bits per heavy atom. The molecule has 0 radical (unpaired) electrons. The largest absolute Gasteiger partial charge is 0.481 e. The first-order valence-corrected chi connectivity index (χ1v) is 7.61. The van der Waals surface area contributed by atoms with Crippen LogP contribution >= 0.6 is 15.9 Å². The summed E-state index contributed by atoms with van der Waals surface area (Å²) in [7, 11) is 0. The molecular formula is C14H19BrN2O3. The van der Waals surface area contributed by atoms with Crippen molar-refractivity contribution in [3.8, 4) is 0 Å². The summed E-state index contributed by atoms with van der Waals surface area (Å²) in [5.74, 6) is -1.14. The highest BCUT2D eigenvalue weighted by Crippen LogP contribution is 2.27. The summed E-state index contributed by atoms with van der Waals surface area (Å²) >= 11 is 3.40. The molecule has 5 nitrogen and oxygen atoms in total. The first-order chi connectivity index (χ1) is 9.43. The number of nitrogens with zero attached hydrogens (tertiary/aromatic N) is 2. The average molecular weight is 343 g/mol. The number of carbonyl (C=O) groups is 2. The van der Waals surface area contributed by atoms with E-state index in [1.165, 1.54) is 0 Å². The summed E-state index contributed by atoms with van der Waals surface area (Å²) in [6, 6.07) is 1.83. The van der Waals surface area contributed by atoms with Gasteiger partial charge in [0.05, 0.1) is 5.92 Å². The van der Waals surface area contributed by atoms with E-state index in [1.54, 1.807) is 11.8 Å². The van der Waals surface area contributed by atoms with Gasteiger partial charge in [0, 0.05) is 36.2 Å². The monoisotopic (exact) mass is 342 g/mol. The topological polar surface area (TPSA) is 62.5 Å². The Kier molecular flexibility index (Phi) is 4.52. The van der Waals surface area contributed by atoms with Crippen LogP contribution in [0.2, 0.25) is 0 Å². The summed E-state index contributed by atoms with van der Waals surface area (Å²) in [5.41, 5.74) is 0.667. The molecule has 1 aromatic rings. The van der Waals surface area contributed by atoms with Gasteiger partial charge in [-0.15, -0.1) is 0 Å². The second kappa shape index (κ2) is 5.99. The SMILES string of the molecule is CCCn1cc(Br)cc1C(=O)N1CC(C(C)C(=O)O)C1. The predicted octanol–water partition coefficient (Wildman–Crippen LogP) is 2.45. The Labute approximate surface area is 126 Å². The smallest absolute Gasteiger partial charge is 0.306 e. The molecule has 1 unspecified atom stereocenters. The van der Waals surface area contributed by atoms with Gasteiger partial charge in [0.2, 0.25) is 0 Å². The lowest BCUT2D eigenvalue weighted by Crippen LogP contribution is -2.53. The molecule has 1 saturated heterocycles. The zero-order valence-corrected chi connectivity index (χ0v) is 13.3. The fourth-order valence-corrected chi connectivity index (χ4v) is 2.90. The lowest BCUT2D eigenvalue weighted by Gasteiger charge is -2.41. The summed E-state index contributed by atoms with van der Waals surface area (Å²) in [4.78, 5) is 25.0. The number of amides is 1. The third-order valence-corrected chi connectivity index (χ3v) is 4.27. The maximum absolute atomic E-state index is 12.4. The number of aliphatic carboxylic acids is 1. The van der Waals surface area contributed by atoms with Crippen LogP contribution in [-0.4, -0.2) is 39.5 Å². The summed E-state index contributed by atoms with van der Waals surface area (Å²) < 4.78 is 2.84. The van der Waals surface area contributed by atoms with E-state index in [-0.39, 0.29) is 11.8 Å². The van der Waals surface area contributed by atoms with Crippen molar-refractivity contribution in [3.63, 3.8) is 0 Å². The fraction of sp³-hybridized carbons (Fsp3) is 0.571. The molecule has 1 fully saturated rings. The van der Waals surface area contributed by atoms with Crippen molar-refractivity contribution in [2.75, 3.05) is 13.1 Å². The van der Waals surface area contributed by atoms with Crippen molar-refractivity contribution in [3.05, 3.63) is 22.4 Å². The van der Waals surface area contributed by atoms with E-state index in [0.717, 1.165) is 17.4 Å². The highest BCUT2D eigenvalue weighted by atomic mass is 79.9. The van der Waals surface area contributed by atoms with Crippen LogP contribution in [0.3, 0.4) is 0 Å². The summed E-state index contributed by atoms with van der Waals surface area (Å²) in [5, 5.41) is 8.96. The number of likely N-dealkylation sites (tertiary alicyclic amines) is 1. The molecule has 20 heavy (non-hydrogen) atoms. The number of rotatable bonds is 5. The lowest BCUT2D eigenvalue weighted by atomic mass is 9.87. The van der Waals surface area contributed by atoms with Gasteiger partial charge in [-0.3, -0.25) is 9.59 Å². The molecule has 110 valence electrons. The number of hydrogen-bond acceptors (Lipinski definition) is 2. The number of halogens is 1. The number of carboxylic acid groups (broad SMARTS) is 1. The molecule has 2 rings (SSSR count). The second-order valence-electron chi connectivity index (χ2n) is 5.33. The minimum atomic E-state index is -0.792. The van der Waals surface area contributed by atoms with E-state index in [9.17, 15) is 9.59 Å². The number of hydrogen-bond donors (Lipinski definition) is 1. The van der Waals surface area contributed by atoms with Gasteiger partial charge < -0.3 is 14.6 Å². The molecule has 1 N–H and O–H groups in total. The van der Waals surface area contributed by atoms with Crippen molar-refractivity contribution >= 4 is 27.8 Å². The molecule has 6 heteroatoms. The molecule has 0 aliphatic carbocycles. The van der Waals surface area contributed by atoms with E-state index >= 15 is 0 Å². The number of carbonyl (C=O) groups excluding carboxylic acids is 1. The van der Waals surface area contributed by atoms with Crippen molar-refractivity contribution in [2.45, 2.75) is 26.8 Å². The summed E-state index contributed by atoms with van der Waals surface area (Å²) in [6.07, 6.45) is 2.87. The fourth-order valence-electron chi connectivity index (χ4n) is 2.44. The van der Waals surface area contributed by atoms with E-state index in [1.807, 2.05) is 16.8 Å². The van der Waals surface area contributed by atoms with Crippen LogP contribution in [0, 0.1) is 11.8 Å². The zero-order valence-electron chi connectivity index (χ0n) is 11.7. The number of aromatic nitrogens is 1. The van der Waals surface area contributed by atoms with E-state index in [2.05, 4.69) is 22.9 Å². The quantitative estimate of drug-likeness (QED) is 0.893. The Balaban J connectivity index is 2.02. The summed E-state index contributed by atoms with van der Waals surface area (Å²) in [6.45, 7) is 5.62. The van der Waals surface area contributed by atoms with Crippen LogP contribution in [0.25, 0.3) is 0 Å². The van der Waals surface area contributed by atoms with Crippen LogP contribution < -0.4 is 0 Å². The molecule has 1 aliphatic rings. The van der Waals surface area contributed by atoms with Crippen molar-refractivity contribution in [2.24, 2.45) is 11.8 Å². The van der Waals surface area contributed by atoms with Gasteiger partial charge in [0.1, 0.15) is 5.69 Å². The van der Waals surface area contributed by atoms with Crippen molar-refractivity contribution in [1.29, 1.82) is 0 Å². The minimum absolute atomic E-state index is 0.0158. The Hall–Kier alpha value is -1.30. The first kappa shape index (κ1) is 15.1. The maximum atomic E-state index is 12.4. The average Bonchev–Trinajstić information content (AvgIpc) is 2.68. The van der Waals surface area contributed by atoms with Crippen LogP contribution in [0.1, 0.15) is 30.8 Å². The third kappa shape index (κ3) is 2.90. The molecule has 1 atom stereocenters. The van der Waals surface area contributed by atoms with Gasteiger partial charge in [-0.2, -0.15) is 0 Å². The van der Waals surface area contributed by atoms with Crippen LogP contribution in [0.15, 0.2) is 16.7 Å². The molecule has 1 amide bonds. The van der Waals surface area contributed by atoms with Crippen LogP contribution in [-0.2, 0) is 11.3 Å². The van der Waals surface area contributed by atoms with Gasteiger partial charge in [-0.05, 0) is 28.4 Å². The minimum Gasteiger partial charge on any atom is -0.481 e. The second-order valence-corrected chi connectivity index (χ2v) is 6.25. The molecule has 0 saturated carbocycles. The van der Waals surface area contributed by atoms with Gasteiger partial charge >= 0.3 is 5.97 Å². The molecule has 1 aliphatic heterocycles. The normalized spacial score (nSPS) is 16.9. The standard InChI is InChI=1S/C14H19BrN2O3/c1-3-4-16-8-11(15)5-12(16)13(18)17-6-10(7-17)9(2)14(19)20/h5,8-10H,3-4,6-7H2,1-2H3,(H,19,20). The highest BCUT2D eigenvalue weighted by molar-refractivity contribution is 9.10. The Bertz CT molecular complexity index is 520. The molecule has 2 heterocycles. The van der Waals surface area contributed by atoms with Gasteiger partial charge in [0.25, 0.3) is 5.91 Å². The number of carboxylic acids is 1. The molecule has 0 aromatic carbocycles. The van der Waals surface area contributed by atoms with Crippen molar-refractivity contribution in [1.82, 2.24) is 9.47 Å². The van der Waals surface area contributed by atoms with Crippen LogP contribution in [0.5, 0.6) is 0 Å². The van der Waals surface area contributed by atoms with E-state index in [4.69, 9.17) is 5.11 Å². The third-order valence-electron chi connectivity index (χ3n) is 3.84. The molecule has 0 spiro atoms. The highest BCUT2D eigenvalue weighted by Gasteiger charge is 2.38. The van der Waals surface area contributed by atoms with Gasteiger partial charge in [-0.25, -0.2) is 0 Å². The molecular weight excluding hydrogens is 324 g/mol. The van der Waals surface area contributed by atoms with Crippen LogP contribution in [0.4, 0.5) is 0 Å². The zero-order chi connectivity index (χ0) is 14.9. The molecule has 0 bridgehead atoms. The Morgan fingerprint density at radius 1 is 1.50 bits per heavy atom. The van der Waals surface area contributed by atoms with E-state index in [0.29, 0.717) is 18.8 Å². The molecule has 1 aromatic heterocycles. The Morgan fingerprint density at radius 2 is 2.15 bits per heavy atom. The van der Waals surface area contributed by atoms with Gasteiger partial charge in [-0.1, -0.05) is 13.8 Å². The predicted molar refractivity (Wildman–Crippen MR) is 78.6 cm³/mol. The van der Waals surface area contributed by atoms with E-state index < -0.39 is 11.9 Å². The van der Waals surface area contributed by atoms with Crippen molar-refractivity contribution < 1.29 is 14.7 Å². The number of aryl methyl sites for hydroxylation is 1. The lowest BCUT2D eigenvalue weighted by molar-refractivity contribution is -0.144. The van der Waals surface area contributed by atoms with Gasteiger partial charge in [0.15, 0.2) is 0 Å². The first-order valence-electron chi connectivity index (χ1n) is 6.81.